The van der Waals surface area contributed by atoms with Crippen LogP contribution >= 0.6 is 11.3 Å². The Hall–Kier alpha value is -2.41. The lowest BCUT2D eigenvalue weighted by Crippen LogP contribution is -2.28. The summed E-state index contributed by atoms with van der Waals surface area (Å²) in [7, 11) is 0. The first kappa shape index (κ1) is 14.0. The maximum absolute atomic E-state index is 11.6. The molecule has 0 fully saturated rings. The van der Waals surface area contributed by atoms with Gasteiger partial charge in [0.15, 0.2) is 5.13 Å². The number of amides is 2. The molecule has 0 unspecified atom stereocenters. The van der Waals surface area contributed by atoms with E-state index in [9.17, 15) is 9.59 Å². The Morgan fingerprint density at radius 2 is 2.00 bits per heavy atom. The second-order valence-corrected chi connectivity index (χ2v) is 5.32. The molecule has 2 aromatic rings. The molecule has 0 saturated carbocycles. The molecule has 1 heterocycles. The topological polar surface area (TPSA) is 91.3 Å². The molecule has 0 radical (unpaired) electrons. The highest BCUT2D eigenvalue weighted by molar-refractivity contribution is 7.15. The second kappa shape index (κ2) is 6.16. The van der Waals surface area contributed by atoms with E-state index < -0.39 is 5.97 Å². The summed E-state index contributed by atoms with van der Waals surface area (Å²) in [5, 5.41) is 14.6. The summed E-state index contributed by atoms with van der Waals surface area (Å²) in [5.41, 5.74) is 1.04. The highest BCUT2D eigenvalue weighted by atomic mass is 32.1. The zero-order valence-electron chi connectivity index (χ0n) is 10.7. The molecule has 104 valence electrons. The predicted molar refractivity (Wildman–Crippen MR) is 76.1 cm³/mol. The number of nitrogens with zero attached hydrogens (tertiary/aromatic N) is 1. The van der Waals surface area contributed by atoms with Crippen molar-refractivity contribution in [3.8, 4) is 0 Å². The standard InChI is InChI=1S/C13H13N3O3S/c1-8-6-15-13(20-8)16-12(19)14-7-9-2-4-10(5-3-9)11(17)18/h2-6H,7H2,1H3,(H,17,18)(H2,14,15,16,19). The van der Waals surface area contributed by atoms with Crippen LogP contribution in [-0.2, 0) is 6.54 Å². The number of anilines is 1. The minimum atomic E-state index is -0.971. The van der Waals surface area contributed by atoms with E-state index in [0.29, 0.717) is 11.7 Å². The summed E-state index contributed by atoms with van der Waals surface area (Å²) in [4.78, 5) is 27.4. The van der Waals surface area contributed by atoms with Crippen LogP contribution in [0.15, 0.2) is 30.5 Å². The van der Waals surface area contributed by atoms with E-state index in [1.165, 1.54) is 23.5 Å². The molecule has 0 atom stereocenters. The summed E-state index contributed by atoms with van der Waals surface area (Å²) in [6.45, 7) is 2.22. The molecule has 0 aliphatic rings. The van der Waals surface area contributed by atoms with E-state index in [2.05, 4.69) is 15.6 Å². The molecule has 1 aromatic carbocycles. The van der Waals surface area contributed by atoms with Crippen LogP contribution in [0.3, 0.4) is 0 Å². The van der Waals surface area contributed by atoms with E-state index in [-0.39, 0.29) is 11.6 Å². The number of aromatic carboxylic acids is 1. The van der Waals surface area contributed by atoms with Crippen molar-refractivity contribution in [2.24, 2.45) is 0 Å². The number of carboxylic acid groups (broad SMARTS) is 1. The van der Waals surface area contributed by atoms with Gasteiger partial charge in [-0.3, -0.25) is 5.32 Å². The number of nitrogens with one attached hydrogen (secondary N) is 2. The number of aromatic nitrogens is 1. The average Bonchev–Trinajstić information content (AvgIpc) is 2.82. The Labute approximate surface area is 119 Å². The Kier molecular flexibility index (Phi) is 4.31. The molecule has 6 nitrogen and oxygen atoms in total. The Morgan fingerprint density at radius 1 is 1.30 bits per heavy atom. The van der Waals surface area contributed by atoms with Crippen molar-refractivity contribution in [1.82, 2.24) is 10.3 Å². The van der Waals surface area contributed by atoms with Gasteiger partial charge < -0.3 is 10.4 Å². The first-order chi connectivity index (χ1) is 9.54. The number of carboxylic acids is 1. The van der Waals surface area contributed by atoms with Gasteiger partial charge in [0.1, 0.15) is 0 Å². The monoisotopic (exact) mass is 291 g/mol. The lowest BCUT2D eigenvalue weighted by Gasteiger charge is -2.05. The van der Waals surface area contributed by atoms with E-state index in [1.807, 2.05) is 6.92 Å². The number of aryl methyl sites for hydroxylation is 1. The minimum Gasteiger partial charge on any atom is -0.478 e. The number of benzene rings is 1. The fourth-order valence-corrected chi connectivity index (χ4v) is 2.16. The summed E-state index contributed by atoms with van der Waals surface area (Å²) in [6, 6.07) is 5.99. The molecule has 0 aliphatic carbocycles. The smallest absolute Gasteiger partial charge is 0.335 e. The second-order valence-electron chi connectivity index (χ2n) is 4.09. The van der Waals surface area contributed by atoms with Gasteiger partial charge in [-0.15, -0.1) is 11.3 Å². The van der Waals surface area contributed by atoms with Crippen LogP contribution in [0.25, 0.3) is 0 Å². The molecule has 0 saturated heterocycles. The van der Waals surface area contributed by atoms with Crippen LogP contribution in [-0.4, -0.2) is 22.1 Å². The van der Waals surface area contributed by atoms with Crippen LogP contribution in [0.5, 0.6) is 0 Å². The number of carbonyl (C=O) groups is 2. The van der Waals surface area contributed by atoms with Crippen molar-refractivity contribution in [1.29, 1.82) is 0 Å². The lowest BCUT2D eigenvalue weighted by molar-refractivity contribution is 0.0697. The molecule has 2 rings (SSSR count). The zero-order valence-corrected chi connectivity index (χ0v) is 11.5. The maximum atomic E-state index is 11.6. The van der Waals surface area contributed by atoms with Gasteiger partial charge >= 0.3 is 12.0 Å². The molecule has 0 aliphatic heterocycles. The van der Waals surface area contributed by atoms with Crippen molar-refractivity contribution in [2.75, 3.05) is 5.32 Å². The van der Waals surface area contributed by atoms with E-state index >= 15 is 0 Å². The van der Waals surface area contributed by atoms with Gasteiger partial charge in [-0.25, -0.2) is 14.6 Å². The summed E-state index contributed by atoms with van der Waals surface area (Å²) >= 11 is 1.39. The molecule has 20 heavy (non-hydrogen) atoms. The third-order valence-corrected chi connectivity index (χ3v) is 3.32. The molecular formula is C13H13N3O3S. The van der Waals surface area contributed by atoms with Gasteiger partial charge in [-0.2, -0.15) is 0 Å². The molecular weight excluding hydrogens is 278 g/mol. The SMILES string of the molecule is Cc1cnc(NC(=O)NCc2ccc(C(=O)O)cc2)s1. The first-order valence-corrected chi connectivity index (χ1v) is 6.66. The molecule has 0 bridgehead atoms. The van der Waals surface area contributed by atoms with Crippen molar-refractivity contribution in [3.63, 3.8) is 0 Å². The van der Waals surface area contributed by atoms with Crippen LogP contribution in [0.1, 0.15) is 20.8 Å². The lowest BCUT2D eigenvalue weighted by atomic mass is 10.1. The van der Waals surface area contributed by atoms with Crippen LogP contribution < -0.4 is 10.6 Å². The molecule has 2 amide bonds. The normalized spacial score (nSPS) is 10.1. The molecule has 0 spiro atoms. The van der Waals surface area contributed by atoms with Gasteiger partial charge in [0.05, 0.1) is 5.56 Å². The molecule has 1 aromatic heterocycles. The van der Waals surface area contributed by atoms with Crippen molar-refractivity contribution >= 4 is 28.5 Å². The Morgan fingerprint density at radius 3 is 2.55 bits per heavy atom. The van der Waals surface area contributed by atoms with E-state index in [4.69, 9.17) is 5.11 Å². The van der Waals surface area contributed by atoms with Gasteiger partial charge in [0, 0.05) is 17.6 Å². The Bertz CT molecular complexity index is 622. The number of urea groups is 1. The largest absolute Gasteiger partial charge is 0.478 e. The first-order valence-electron chi connectivity index (χ1n) is 5.84. The Balaban J connectivity index is 1.85. The number of rotatable bonds is 4. The maximum Gasteiger partial charge on any atom is 0.335 e. The van der Waals surface area contributed by atoms with E-state index in [0.717, 1.165) is 10.4 Å². The quantitative estimate of drug-likeness (QED) is 0.807. The summed E-state index contributed by atoms with van der Waals surface area (Å²) < 4.78 is 0. The molecule has 3 N–H and O–H groups in total. The highest BCUT2D eigenvalue weighted by Gasteiger charge is 2.05. The predicted octanol–water partition coefficient (Wildman–Crippen LogP) is 2.47. The average molecular weight is 291 g/mol. The van der Waals surface area contributed by atoms with Crippen LogP contribution in [0.4, 0.5) is 9.93 Å². The van der Waals surface area contributed by atoms with Crippen molar-refractivity contribution in [3.05, 3.63) is 46.5 Å². The summed E-state index contributed by atoms with van der Waals surface area (Å²) in [5.74, 6) is -0.971. The van der Waals surface area contributed by atoms with Crippen molar-refractivity contribution < 1.29 is 14.7 Å². The van der Waals surface area contributed by atoms with Gasteiger partial charge in [-0.1, -0.05) is 12.1 Å². The number of hydrogen-bond acceptors (Lipinski definition) is 4. The minimum absolute atomic E-state index is 0.219. The van der Waals surface area contributed by atoms with Crippen LogP contribution in [0, 0.1) is 6.92 Å². The third kappa shape index (κ3) is 3.79. The zero-order chi connectivity index (χ0) is 14.5. The van der Waals surface area contributed by atoms with Gasteiger partial charge in [-0.05, 0) is 24.6 Å². The fraction of sp³-hybridized carbons (Fsp3) is 0.154. The number of thiazole rings is 1. The number of carbonyl (C=O) groups excluding carboxylic acids is 1. The van der Waals surface area contributed by atoms with Gasteiger partial charge in [0.2, 0.25) is 0 Å². The molecule has 7 heteroatoms. The van der Waals surface area contributed by atoms with Crippen LogP contribution in [0.2, 0.25) is 0 Å². The third-order valence-electron chi connectivity index (χ3n) is 2.50. The highest BCUT2D eigenvalue weighted by Crippen LogP contribution is 2.16. The fourth-order valence-electron chi connectivity index (χ4n) is 1.50. The summed E-state index contributed by atoms with van der Waals surface area (Å²) in [6.07, 6.45) is 1.69. The number of hydrogen-bond donors (Lipinski definition) is 3. The van der Waals surface area contributed by atoms with E-state index in [1.54, 1.807) is 18.3 Å². The van der Waals surface area contributed by atoms with Gasteiger partial charge in [0.25, 0.3) is 0 Å². The van der Waals surface area contributed by atoms with Crippen molar-refractivity contribution in [2.45, 2.75) is 13.5 Å².